The zero-order chi connectivity index (χ0) is 6.85. The van der Waals surface area contributed by atoms with E-state index in [4.69, 9.17) is 11.5 Å². The van der Waals surface area contributed by atoms with Crippen LogP contribution in [-0.4, -0.2) is 4.98 Å². The molecule has 0 aliphatic rings. The molecule has 4 N–H and O–H groups in total. The Kier molecular flexibility index (Phi) is 1.22. The zero-order valence-corrected chi connectivity index (χ0v) is 4.63. The summed E-state index contributed by atoms with van der Waals surface area (Å²) in [5.41, 5.74) is 10.5. The lowest BCUT2D eigenvalue weighted by Crippen LogP contribution is -1.98. The maximum Gasteiger partial charge on any atom is 0.166 e. The lowest BCUT2D eigenvalue weighted by Gasteiger charge is -1.96. The summed E-state index contributed by atoms with van der Waals surface area (Å²) in [6.45, 7) is 0. The molecule has 0 unspecified atom stereocenters. The van der Waals surface area contributed by atoms with E-state index in [-0.39, 0.29) is 11.4 Å². The lowest BCUT2D eigenvalue weighted by molar-refractivity contribution is 0.627. The number of aromatic nitrogens is 1. The van der Waals surface area contributed by atoms with E-state index >= 15 is 0 Å². The molecule has 0 spiro atoms. The summed E-state index contributed by atoms with van der Waals surface area (Å²) >= 11 is 0. The molecule has 1 heterocycles. The van der Waals surface area contributed by atoms with E-state index < -0.39 is 5.82 Å². The van der Waals surface area contributed by atoms with Gasteiger partial charge in [-0.2, -0.15) is 0 Å². The summed E-state index contributed by atoms with van der Waals surface area (Å²) in [5, 5.41) is 0. The number of halogens is 1. The molecule has 1 rings (SSSR count). The number of nitrogens with zero attached hydrogens (tertiary/aromatic N) is 1. The highest BCUT2D eigenvalue weighted by atomic mass is 19.1. The first kappa shape index (κ1) is 5.81. The van der Waals surface area contributed by atoms with Crippen LogP contribution in [-0.2, 0) is 0 Å². The van der Waals surface area contributed by atoms with Gasteiger partial charge in [-0.1, -0.05) is 0 Å². The maximum absolute atomic E-state index is 12.3. The van der Waals surface area contributed by atoms with E-state index in [1.165, 1.54) is 6.20 Å². The Morgan fingerprint density at radius 2 is 2.00 bits per heavy atom. The molecular weight excluding hydrogens is 121 g/mol. The number of nitrogens with two attached hydrogens (primary N) is 2. The number of rotatable bonds is 0. The molecule has 0 aliphatic heterocycles. The fourth-order valence-corrected chi connectivity index (χ4v) is 0.460. The predicted octanol–water partition coefficient (Wildman–Crippen LogP) is 0.385. The van der Waals surface area contributed by atoms with Crippen molar-refractivity contribution < 1.29 is 4.39 Å². The van der Waals surface area contributed by atoms with Gasteiger partial charge >= 0.3 is 0 Å². The number of anilines is 2. The van der Waals surface area contributed by atoms with Gasteiger partial charge in [0.05, 0.1) is 23.8 Å². The van der Waals surface area contributed by atoms with Crippen LogP contribution in [0.2, 0.25) is 0 Å². The van der Waals surface area contributed by atoms with Gasteiger partial charge in [-0.05, 0) is 0 Å². The van der Waals surface area contributed by atoms with E-state index in [0.29, 0.717) is 0 Å². The third-order valence-electron chi connectivity index (χ3n) is 0.970. The molecule has 0 bridgehead atoms. The molecule has 0 aromatic carbocycles. The molecule has 0 fully saturated rings. The minimum Gasteiger partial charge on any atom is -0.396 e. The average Bonchev–Trinajstić information content (AvgIpc) is 1.83. The summed E-state index contributed by atoms with van der Waals surface area (Å²) in [5.74, 6) is -0.574. The highest BCUT2D eigenvalue weighted by Gasteiger charge is 1.98. The van der Waals surface area contributed by atoms with Crippen LogP contribution in [0, 0.1) is 5.82 Å². The van der Waals surface area contributed by atoms with Crippen molar-refractivity contribution in [2.75, 3.05) is 11.5 Å². The van der Waals surface area contributed by atoms with E-state index in [0.717, 1.165) is 6.20 Å². The van der Waals surface area contributed by atoms with E-state index in [1.54, 1.807) is 0 Å². The monoisotopic (exact) mass is 127 g/mol. The highest BCUT2D eigenvalue weighted by Crippen LogP contribution is 2.14. The molecule has 0 amide bonds. The Bertz CT molecular complexity index is 203. The first-order valence-electron chi connectivity index (χ1n) is 2.36. The van der Waals surface area contributed by atoms with Gasteiger partial charge in [0, 0.05) is 0 Å². The Labute approximate surface area is 51.5 Å². The van der Waals surface area contributed by atoms with Crippen molar-refractivity contribution in [2.24, 2.45) is 0 Å². The van der Waals surface area contributed by atoms with Crippen LogP contribution in [0.4, 0.5) is 15.8 Å². The van der Waals surface area contributed by atoms with Gasteiger partial charge < -0.3 is 11.5 Å². The van der Waals surface area contributed by atoms with Crippen LogP contribution in [0.5, 0.6) is 0 Å². The molecule has 0 radical (unpaired) electrons. The second-order valence-corrected chi connectivity index (χ2v) is 1.62. The summed E-state index contributed by atoms with van der Waals surface area (Å²) in [4.78, 5) is 3.46. The van der Waals surface area contributed by atoms with E-state index in [9.17, 15) is 4.39 Å². The topological polar surface area (TPSA) is 64.9 Å². The Morgan fingerprint density at radius 3 is 2.44 bits per heavy atom. The second-order valence-electron chi connectivity index (χ2n) is 1.62. The Hall–Kier alpha value is -1.32. The van der Waals surface area contributed by atoms with Gasteiger partial charge in [-0.25, -0.2) is 4.39 Å². The molecule has 0 saturated heterocycles. The van der Waals surface area contributed by atoms with Gasteiger partial charge in [-0.3, -0.25) is 4.98 Å². The summed E-state index contributed by atoms with van der Waals surface area (Å²) in [6, 6.07) is 0. The SMILES string of the molecule is Nc1cncc(F)c1N. The second kappa shape index (κ2) is 1.89. The summed E-state index contributed by atoms with van der Waals surface area (Å²) < 4.78 is 12.3. The van der Waals surface area contributed by atoms with Crippen molar-refractivity contribution in [2.45, 2.75) is 0 Å². The third-order valence-corrected chi connectivity index (χ3v) is 0.970. The minimum absolute atomic E-state index is 0.0370. The largest absolute Gasteiger partial charge is 0.396 e. The molecule has 48 valence electrons. The van der Waals surface area contributed by atoms with Crippen LogP contribution in [0.1, 0.15) is 0 Å². The number of nitrogen functional groups attached to an aromatic ring is 2. The predicted molar refractivity (Wildman–Crippen MR) is 33.0 cm³/mol. The van der Waals surface area contributed by atoms with Crippen molar-refractivity contribution in [3.05, 3.63) is 18.2 Å². The lowest BCUT2D eigenvalue weighted by atomic mass is 10.3. The van der Waals surface area contributed by atoms with Crippen molar-refractivity contribution in [1.82, 2.24) is 4.98 Å². The molecule has 4 heteroatoms. The van der Waals surface area contributed by atoms with Crippen molar-refractivity contribution in [1.29, 1.82) is 0 Å². The fraction of sp³-hybridized carbons (Fsp3) is 0. The quantitative estimate of drug-likeness (QED) is 0.529. The van der Waals surface area contributed by atoms with Gasteiger partial charge in [0.25, 0.3) is 0 Å². The first-order valence-corrected chi connectivity index (χ1v) is 2.36. The Balaban J connectivity index is 3.25. The molecule has 3 nitrogen and oxygen atoms in total. The summed E-state index contributed by atoms with van der Waals surface area (Å²) in [7, 11) is 0. The van der Waals surface area contributed by atoms with Crippen LogP contribution >= 0.6 is 0 Å². The van der Waals surface area contributed by atoms with E-state index in [2.05, 4.69) is 4.98 Å². The molecule has 9 heavy (non-hydrogen) atoms. The average molecular weight is 127 g/mol. The van der Waals surface area contributed by atoms with Gasteiger partial charge in [0.1, 0.15) is 0 Å². The molecule has 1 aromatic rings. The minimum atomic E-state index is -0.574. The molecular formula is C5H6FN3. The van der Waals surface area contributed by atoms with Crippen LogP contribution in [0.25, 0.3) is 0 Å². The Morgan fingerprint density at radius 1 is 1.33 bits per heavy atom. The number of pyridine rings is 1. The fourth-order valence-electron chi connectivity index (χ4n) is 0.460. The summed E-state index contributed by atoms with van der Waals surface area (Å²) in [6.07, 6.45) is 2.32. The van der Waals surface area contributed by atoms with Crippen molar-refractivity contribution in [3.8, 4) is 0 Å². The number of hydrogen-bond acceptors (Lipinski definition) is 3. The maximum atomic E-state index is 12.3. The van der Waals surface area contributed by atoms with Crippen molar-refractivity contribution in [3.63, 3.8) is 0 Å². The smallest absolute Gasteiger partial charge is 0.166 e. The zero-order valence-electron chi connectivity index (χ0n) is 4.63. The molecule has 0 atom stereocenters. The molecule has 0 saturated carbocycles. The van der Waals surface area contributed by atoms with Crippen LogP contribution in [0.15, 0.2) is 12.4 Å². The number of hydrogen-bond donors (Lipinski definition) is 2. The molecule has 1 aromatic heterocycles. The van der Waals surface area contributed by atoms with Crippen LogP contribution in [0.3, 0.4) is 0 Å². The van der Waals surface area contributed by atoms with Gasteiger partial charge in [0.15, 0.2) is 5.82 Å². The highest BCUT2D eigenvalue weighted by molar-refractivity contribution is 5.61. The van der Waals surface area contributed by atoms with E-state index in [1.807, 2.05) is 0 Å². The molecule has 0 aliphatic carbocycles. The third kappa shape index (κ3) is 0.910. The van der Waals surface area contributed by atoms with Gasteiger partial charge in [-0.15, -0.1) is 0 Å². The van der Waals surface area contributed by atoms with Gasteiger partial charge in [0.2, 0.25) is 0 Å². The normalized spacial score (nSPS) is 9.44. The standard InChI is InChI=1S/C5H6FN3/c6-3-1-9-2-4(7)5(3)8/h1-2H,7H2,(H2,8,9). The van der Waals surface area contributed by atoms with Crippen LogP contribution < -0.4 is 11.5 Å². The van der Waals surface area contributed by atoms with Crippen molar-refractivity contribution >= 4 is 11.4 Å². The first-order chi connectivity index (χ1) is 4.22.